The molecule has 8 heteroatoms. The second-order valence-electron chi connectivity index (χ2n) is 5.93. The summed E-state index contributed by atoms with van der Waals surface area (Å²) in [5.41, 5.74) is 1.00. The van der Waals surface area contributed by atoms with E-state index in [1.165, 1.54) is 31.7 Å². The molecule has 1 atom stereocenters. The SMILES string of the molecule is CC(=O)c1ccc(NC(=O)[C@@H](C)OC(=O)CCSc2ccc(F)c(F)c2)cc1. The molecule has 0 aliphatic carbocycles. The number of amides is 1. The Morgan fingerprint density at radius 1 is 1.07 bits per heavy atom. The number of ketones is 1. The van der Waals surface area contributed by atoms with Crippen molar-refractivity contribution in [3.63, 3.8) is 0 Å². The van der Waals surface area contributed by atoms with Crippen LogP contribution in [0.4, 0.5) is 14.5 Å². The summed E-state index contributed by atoms with van der Waals surface area (Å²) in [5.74, 6) is -2.75. The average Bonchev–Trinajstić information content (AvgIpc) is 2.65. The van der Waals surface area contributed by atoms with E-state index in [0.29, 0.717) is 21.9 Å². The fourth-order valence-electron chi connectivity index (χ4n) is 2.16. The smallest absolute Gasteiger partial charge is 0.307 e. The van der Waals surface area contributed by atoms with Gasteiger partial charge < -0.3 is 10.1 Å². The zero-order valence-corrected chi connectivity index (χ0v) is 16.1. The summed E-state index contributed by atoms with van der Waals surface area (Å²) in [5, 5.41) is 2.60. The number of benzene rings is 2. The molecule has 0 heterocycles. The van der Waals surface area contributed by atoms with Crippen molar-refractivity contribution in [2.24, 2.45) is 0 Å². The predicted octanol–water partition coefficient (Wildman–Crippen LogP) is 4.22. The third kappa shape index (κ3) is 6.45. The van der Waals surface area contributed by atoms with E-state index in [1.807, 2.05) is 0 Å². The van der Waals surface area contributed by atoms with Gasteiger partial charge in [-0.1, -0.05) is 0 Å². The number of carbonyl (C=O) groups excluding carboxylic acids is 3. The minimum absolute atomic E-state index is 0.00852. The molecule has 2 aromatic carbocycles. The van der Waals surface area contributed by atoms with Crippen LogP contribution in [-0.4, -0.2) is 29.5 Å². The zero-order valence-electron chi connectivity index (χ0n) is 15.3. The van der Waals surface area contributed by atoms with Gasteiger partial charge in [-0.2, -0.15) is 0 Å². The van der Waals surface area contributed by atoms with Gasteiger partial charge in [0.1, 0.15) is 0 Å². The fraction of sp³-hybridized carbons (Fsp3) is 0.250. The lowest BCUT2D eigenvalue weighted by Gasteiger charge is -2.13. The number of anilines is 1. The molecule has 0 spiro atoms. The number of hydrogen-bond acceptors (Lipinski definition) is 5. The van der Waals surface area contributed by atoms with E-state index in [4.69, 9.17) is 4.74 Å². The van der Waals surface area contributed by atoms with Crippen LogP contribution in [0.25, 0.3) is 0 Å². The van der Waals surface area contributed by atoms with Gasteiger partial charge in [0.05, 0.1) is 6.42 Å². The number of nitrogens with one attached hydrogen (secondary N) is 1. The second-order valence-corrected chi connectivity index (χ2v) is 7.10. The molecule has 0 saturated carbocycles. The Balaban J connectivity index is 1.76. The van der Waals surface area contributed by atoms with Crippen LogP contribution < -0.4 is 5.32 Å². The van der Waals surface area contributed by atoms with E-state index < -0.39 is 29.6 Å². The van der Waals surface area contributed by atoms with E-state index in [2.05, 4.69) is 5.32 Å². The summed E-state index contributed by atoms with van der Waals surface area (Å²) in [6.45, 7) is 2.89. The van der Waals surface area contributed by atoms with Crippen LogP contribution in [-0.2, 0) is 14.3 Å². The summed E-state index contributed by atoms with van der Waals surface area (Å²) in [4.78, 5) is 35.7. The molecule has 28 heavy (non-hydrogen) atoms. The van der Waals surface area contributed by atoms with Gasteiger partial charge in [0.25, 0.3) is 5.91 Å². The molecular weight excluding hydrogens is 388 g/mol. The van der Waals surface area contributed by atoms with Crippen LogP contribution in [0.2, 0.25) is 0 Å². The van der Waals surface area contributed by atoms with Crippen LogP contribution in [0.15, 0.2) is 47.4 Å². The number of rotatable bonds is 8. The van der Waals surface area contributed by atoms with Gasteiger partial charge >= 0.3 is 5.97 Å². The molecule has 0 bridgehead atoms. The number of ether oxygens (including phenoxy) is 1. The minimum atomic E-state index is -1.01. The van der Waals surface area contributed by atoms with E-state index in [1.54, 1.807) is 24.3 Å². The van der Waals surface area contributed by atoms with Gasteiger partial charge in [0.15, 0.2) is 23.5 Å². The Kier molecular flexibility index (Phi) is 7.69. The highest BCUT2D eigenvalue weighted by atomic mass is 32.2. The predicted molar refractivity (Wildman–Crippen MR) is 102 cm³/mol. The Labute approximate surface area is 165 Å². The molecule has 1 N–H and O–H groups in total. The maximum absolute atomic E-state index is 13.1. The topological polar surface area (TPSA) is 72.5 Å². The molecule has 2 rings (SSSR count). The molecule has 0 aliphatic rings. The monoisotopic (exact) mass is 407 g/mol. The third-order valence-electron chi connectivity index (χ3n) is 3.70. The largest absolute Gasteiger partial charge is 0.453 e. The molecule has 0 fully saturated rings. The van der Waals surface area contributed by atoms with E-state index in [0.717, 1.165) is 12.1 Å². The van der Waals surface area contributed by atoms with Crippen molar-refractivity contribution in [2.45, 2.75) is 31.3 Å². The molecule has 1 amide bonds. The summed E-state index contributed by atoms with van der Waals surface area (Å²) in [6, 6.07) is 9.84. The molecule has 5 nitrogen and oxygen atoms in total. The fourth-order valence-corrected chi connectivity index (χ4v) is 3.02. The standard InChI is InChI=1S/C20H19F2NO4S/c1-12(24)14-3-5-15(6-4-14)23-20(26)13(2)27-19(25)9-10-28-16-7-8-17(21)18(22)11-16/h3-8,11,13H,9-10H2,1-2H3,(H,23,26)/t13-/m1/s1. The number of esters is 1. The Morgan fingerprint density at radius 3 is 2.36 bits per heavy atom. The lowest BCUT2D eigenvalue weighted by atomic mass is 10.1. The second kappa shape index (κ2) is 9.98. The maximum Gasteiger partial charge on any atom is 0.307 e. The number of carbonyl (C=O) groups is 3. The van der Waals surface area contributed by atoms with Crippen molar-refractivity contribution in [1.82, 2.24) is 0 Å². The van der Waals surface area contributed by atoms with E-state index in [9.17, 15) is 23.2 Å². The molecule has 2 aromatic rings. The van der Waals surface area contributed by atoms with Crippen LogP contribution in [0.5, 0.6) is 0 Å². The zero-order chi connectivity index (χ0) is 20.7. The minimum Gasteiger partial charge on any atom is -0.453 e. The van der Waals surface area contributed by atoms with Crippen LogP contribution in [0, 0.1) is 11.6 Å². The van der Waals surface area contributed by atoms with Crippen LogP contribution in [0.1, 0.15) is 30.6 Å². The molecule has 0 aromatic heterocycles. The van der Waals surface area contributed by atoms with Gasteiger partial charge in [-0.05, 0) is 56.3 Å². The number of halogens is 2. The van der Waals surface area contributed by atoms with Crippen molar-refractivity contribution >= 4 is 35.1 Å². The van der Waals surface area contributed by atoms with Crippen LogP contribution >= 0.6 is 11.8 Å². The summed E-state index contributed by atoms with van der Waals surface area (Å²) < 4.78 is 31.1. The van der Waals surface area contributed by atoms with Gasteiger partial charge in [-0.3, -0.25) is 14.4 Å². The summed E-state index contributed by atoms with van der Waals surface area (Å²) in [7, 11) is 0. The highest BCUT2D eigenvalue weighted by Gasteiger charge is 2.18. The van der Waals surface area contributed by atoms with Crippen molar-refractivity contribution in [1.29, 1.82) is 0 Å². The van der Waals surface area contributed by atoms with E-state index >= 15 is 0 Å². The highest BCUT2D eigenvalue weighted by molar-refractivity contribution is 7.99. The Hall–Kier alpha value is -2.74. The van der Waals surface area contributed by atoms with Gasteiger partial charge in [-0.15, -0.1) is 11.8 Å². The van der Waals surface area contributed by atoms with E-state index in [-0.39, 0.29) is 12.2 Å². The van der Waals surface area contributed by atoms with Gasteiger partial charge in [0.2, 0.25) is 0 Å². The van der Waals surface area contributed by atoms with Gasteiger partial charge in [0, 0.05) is 21.9 Å². The van der Waals surface area contributed by atoms with Crippen molar-refractivity contribution in [3.8, 4) is 0 Å². The first-order valence-corrected chi connectivity index (χ1v) is 9.44. The normalized spacial score (nSPS) is 11.6. The number of thioether (sulfide) groups is 1. The lowest BCUT2D eigenvalue weighted by molar-refractivity contribution is -0.152. The molecule has 0 aliphatic heterocycles. The highest BCUT2D eigenvalue weighted by Crippen LogP contribution is 2.21. The first-order chi connectivity index (χ1) is 13.3. The molecule has 0 saturated heterocycles. The molecule has 148 valence electrons. The average molecular weight is 407 g/mol. The molecule has 0 unspecified atom stereocenters. The van der Waals surface area contributed by atoms with Crippen molar-refractivity contribution in [3.05, 3.63) is 59.7 Å². The lowest BCUT2D eigenvalue weighted by Crippen LogP contribution is -2.30. The maximum atomic E-state index is 13.1. The van der Waals surface area contributed by atoms with Gasteiger partial charge in [-0.25, -0.2) is 8.78 Å². The third-order valence-corrected chi connectivity index (χ3v) is 4.70. The summed E-state index contributed by atoms with van der Waals surface area (Å²) in [6.07, 6.45) is -0.998. The summed E-state index contributed by atoms with van der Waals surface area (Å²) >= 11 is 1.18. The number of hydrogen-bond donors (Lipinski definition) is 1. The first-order valence-electron chi connectivity index (χ1n) is 8.45. The quantitative estimate of drug-likeness (QED) is 0.403. The first kappa shape index (κ1) is 21.6. The van der Waals surface area contributed by atoms with Crippen molar-refractivity contribution in [2.75, 3.05) is 11.1 Å². The van der Waals surface area contributed by atoms with Crippen molar-refractivity contribution < 1.29 is 27.9 Å². The molecular formula is C20H19F2NO4S. The Morgan fingerprint density at radius 2 is 1.75 bits per heavy atom. The van der Waals surface area contributed by atoms with Crippen LogP contribution in [0.3, 0.4) is 0 Å². The number of Topliss-reactive ketones (excluding diaryl/α,β-unsaturated/α-hetero) is 1. The molecule has 0 radical (unpaired) electrons. The Bertz CT molecular complexity index is 871.